The fourth-order valence-electron chi connectivity index (χ4n) is 8.24. The van der Waals surface area contributed by atoms with Crippen LogP contribution in [0.15, 0.2) is 158 Å². The van der Waals surface area contributed by atoms with E-state index >= 15 is 0 Å². The molecular formula is C48H43N. The predicted octanol–water partition coefficient (Wildman–Crippen LogP) is 13.9. The van der Waals surface area contributed by atoms with E-state index in [1.165, 1.54) is 61.0 Å². The molecule has 7 aromatic carbocycles. The van der Waals surface area contributed by atoms with Crippen LogP contribution in [0.1, 0.15) is 64.5 Å². The van der Waals surface area contributed by atoms with Gasteiger partial charge in [0.15, 0.2) is 0 Å². The quantitative estimate of drug-likeness (QED) is 0.161. The van der Waals surface area contributed by atoms with Crippen LogP contribution in [0.2, 0.25) is 0 Å². The van der Waals surface area contributed by atoms with Gasteiger partial charge in [-0.1, -0.05) is 155 Å². The number of fused-ring (bicyclic) bond motifs is 4. The van der Waals surface area contributed by atoms with Crippen LogP contribution >= 0.6 is 0 Å². The molecule has 240 valence electrons. The largest absolute Gasteiger partial charge is 0.309 e. The van der Waals surface area contributed by atoms with Gasteiger partial charge in [-0.2, -0.15) is 0 Å². The molecule has 8 rings (SSSR count). The van der Waals surface area contributed by atoms with Crippen molar-refractivity contribution in [3.8, 4) is 33.4 Å². The van der Waals surface area contributed by atoms with Gasteiger partial charge in [-0.3, -0.25) is 0 Å². The van der Waals surface area contributed by atoms with Crippen molar-refractivity contribution in [3.63, 3.8) is 0 Å². The lowest BCUT2D eigenvalue weighted by Crippen LogP contribution is -2.23. The Balaban J connectivity index is 1.41. The van der Waals surface area contributed by atoms with Gasteiger partial charge < -0.3 is 4.90 Å². The number of hydrogen-bond acceptors (Lipinski definition) is 1. The zero-order valence-corrected chi connectivity index (χ0v) is 28.9. The molecule has 0 saturated carbocycles. The number of hydrogen-bond donors (Lipinski definition) is 0. The highest BCUT2D eigenvalue weighted by Crippen LogP contribution is 2.59. The molecule has 1 aliphatic carbocycles. The van der Waals surface area contributed by atoms with Crippen molar-refractivity contribution in [2.45, 2.75) is 51.8 Å². The molecule has 0 spiro atoms. The molecule has 0 N–H and O–H groups in total. The van der Waals surface area contributed by atoms with Gasteiger partial charge in [0.05, 0.1) is 5.69 Å². The first-order valence-electron chi connectivity index (χ1n) is 18.2. The van der Waals surface area contributed by atoms with Crippen LogP contribution in [0.25, 0.3) is 44.2 Å². The molecule has 0 atom stereocenters. The average Bonchev–Trinajstić information content (AvgIpc) is 3.44. The standard InChI is InChI=1S/C48H43N/c1-5-48(6-2)44-26-15-14-25-43(44)46-45(48)32-37-19-10-11-24-42(37)47(46)49(39-21-16-20-36(31-39)33(3)4)38-29-27-35(28-30-38)41-23-13-12-22-40(41)34-17-8-7-9-18-34/h7-33H,5-6H2,1-4H3/i33D. The topological polar surface area (TPSA) is 3.24 Å². The van der Waals surface area contributed by atoms with E-state index < -0.39 is 5.89 Å². The van der Waals surface area contributed by atoms with E-state index in [-0.39, 0.29) is 5.41 Å². The molecule has 1 heteroatoms. The molecule has 0 fully saturated rings. The average molecular weight is 635 g/mol. The van der Waals surface area contributed by atoms with E-state index in [2.05, 4.69) is 176 Å². The Morgan fingerprint density at radius 3 is 1.86 bits per heavy atom. The van der Waals surface area contributed by atoms with E-state index in [4.69, 9.17) is 1.37 Å². The second-order valence-electron chi connectivity index (χ2n) is 13.5. The third-order valence-electron chi connectivity index (χ3n) is 10.8. The zero-order chi connectivity index (χ0) is 34.5. The van der Waals surface area contributed by atoms with Crippen LogP contribution in [0.4, 0.5) is 17.1 Å². The molecule has 0 aliphatic heterocycles. The van der Waals surface area contributed by atoms with Gasteiger partial charge in [-0.25, -0.2) is 0 Å². The normalized spacial score (nSPS) is 13.5. The SMILES string of the molecule is [2H]C(C)(C)c1cccc(N(c2ccc(-c3ccccc3-c3ccccc3)cc2)c2c3c(cc4ccccc24)C(CC)(CC)c2ccccc2-3)c1. The van der Waals surface area contributed by atoms with Gasteiger partial charge in [0.1, 0.15) is 0 Å². The van der Waals surface area contributed by atoms with Gasteiger partial charge in [-0.15, -0.1) is 0 Å². The summed E-state index contributed by atoms with van der Waals surface area (Å²) in [6.45, 7) is 8.62. The Bertz CT molecular complexity index is 2320. The Labute approximate surface area is 292 Å². The van der Waals surface area contributed by atoms with Crippen LogP contribution in [-0.4, -0.2) is 0 Å². The summed E-state index contributed by atoms with van der Waals surface area (Å²) in [5, 5.41) is 2.47. The smallest absolute Gasteiger partial charge is 0.0621 e. The summed E-state index contributed by atoms with van der Waals surface area (Å²) in [7, 11) is 0. The third-order valence-corrected chi connectivity index (χ3v) is 10.8. The van der Waals surface area contributed by atoms with Crippen molar-refractivity contribution in [1.82, 2.24) is 0 Å². The molecule has 1 nitrogen and oxygen atoms in total. The minimum atomic E-state index is -0.737. The summed E-state index contributed by atoms with van der Waals surface area (Å²) < 4.78 is 8.97. The van der Waals surface area contributed by atoms with Gasteiger partial charge in [0, 0.05) is 29.1 Å². The maximum atomic E-state index is 8.97. The minimum absolute atomic E-state index is 0.0631. The lowest BCUT2D eigenvalue weighted by Gasteiger charge is -2.33. The summed E-state index contributed by atoms with van der Waals surface area (Å²) in [6, 6.07) is 57.4. The van der Waals surface area contributed by atoms with Crippen molar-refractivity contribution < 1.29 is 1.37 Å². The Kier molecular flexibility index (Phi) is 7.62. The maximum absolute atomic E-state index is 8.97. The molecule has 0 unspecified atom stereocenters. The van der Waals surface area contributed by atoms with Crippen LogP contribution in [0.5, 0.6) is 0 Å². The summed E-state index contributed by atoms with van der Waals surface area (Å²) in [6.07, 6.45) is 2.06. The maximum Gasteiger partial charge on any atom is 0.0621 e. The van der Waals surface area contributed by atoms with Crippen LogP contribution < -0.4 is 4.90 Å². The molecular weight excluding hydrogens is 591 g/mol. The third kappa shape index (κ3) is 5.08. The minimum Gasteiger partial charge on any atom is -0.309 e. The summed E-state index contributed by atoms with van der Waals surface area (Å²) >= 11 is 0. The van der Waals surface area contributed by atoms with Crippen molar-refractivity contribution in [2.75, 3.05) is 4.90 Å². The van der Waals surface area contributed by atoms with Gasteiger partial charge in [0.25, 0.3) is 0 Å². The Hall–Kier alpha value is -5.40. The Morgan fingerprint density at radius 1 is 0.551 bits per heavy atom. The molecule has 49 heavy (non-hydrogen) atoms. The van der Waals surface area contributed by atoms with Crippen molar-refractivity contribution in [2.24, 2.45) is 0 Å². The second kappa shape index (κ2) is 12.6. The monoisotopic (exact) mass is 634 g/mol. The van der Waals surface area contributed by atoms with Crippen LogP contribution in [0, 0.1) is 0 Å². The van der Waals surface area contributed by atoms with Crippen LogP contribution in [0.3, 0.4) is 0 Å². The number of nitrogens with zero attached hydrogens (tertiary/aromatic N) is 1. The van der Waals surface area contributed by atoms with Gasteiger partial charge in [-0.05, 0) is 99.0 Å². The van der Waals surface area contributed by atoms with E-state index in [1.54, 1.807) is 0 Å². The highest BCUT2D eigenvalue weighted by Gasteiger charge is 2.43. The van der Waals surface area contributed by atoms with Crippen LogP contribution in [-0.2, 0) is 5.41 Å². The van der Waals surface area contributed by atoms with E-state index in [1.807, 2.05) is 13.8 Å². The van der Waals surface area contributed by atoms with Crippen molar-refractivity contribution in [1.29, 1.82) is 0 Å². The Morgan fingerprint density at radius 2 is 1.16 bits per heavy atom. The van der Waals surface area contributed by atoms with Crippen molar-refractivity contribution in [3.05, 3.63) is 174 Å². The lowest BCUT2D eigenvalue weighted by atomic mass is 9.73. The molecule has 0 bridgehead atoms. The molecule has 0 amide bonds. The molecule has 0 saturated heterocycles. The lowest BCUT2D eigenvalue weighted by molar-refractivity contribution is 0.491. The molecule has 0 radical (unpaired) electrons. The van der Waals surface area contributed by atoms with E-state index in [9.17, 15) is 0 Å². The van der Waals surface area contributed by atoms with E-state index in [0.717, 1.165) is 29.8 Å². The molecule has 0 aromatic heterocycles. The first-order valence-corrected chi connectivity index (χ1v) is 17.7. The summed E-state index contributed by atoms with van der Waals surface area (Å²) in [5.74, 6) is -0.737. The number of rotatable bonds is 8. The molecule has 7 aromatic rings. The first kappa shape index (κ1) is 29.7. The van der Waals surface area contributed by atoms with Crippen molar-refractivity contribution >= 4 is 27.8 Å². The molecule has 0 heterocycles. The number of anilines is 3. The highest BCUT2D eigenvalue weighted by atomic mass is 15.1. The second-order valence-corrected chi connectivity index (χ2v) is 13.5. The fourth-order valence-corrected chi connectivity index (χ4v) is 8.24. The fraction of sp³-hybridized carbons (Fsp3) is 0.167. The highest BCUT2D eigenvalue weighted by molar-refractivity contribution is 6.10. The van der Waals surface area contributed by atoms with E-state index in [0.29, 0.717) is 0 Å². The van der Waals surface area contributed by atoms with Gasteiger partial charge >= 0.3 is 0 Å². The zero-order valence-electron chi connectivity index (χ0n) is 29.9. The van der Waals surface area contributed by atoms with Gasteiger partial charge in [0.2, 0.25) is 0 Å². The first-order chi connectivity index (χ1) is 24.3. The summed E-state index contributed by atoms with van der Waals surface area (Å²) in [4.78, 5) is 2.46. The molecule has 1 aliphatic rings. The predicted molar refractivity (Wildman–Crippen MR) is 210 cm³/mol. The summed E-state index contributed by atoms with van der Waals surface area (Å²) in [5.41, 5.74) is 14.6. The number of benzene rings is 7.